The summed E-state index contributed by atoms with van der Waals surface area (Å²) in [7, 11) is 4.89. The molecular weight excluding hydrogens is 1450 g/mol. The number of anilines is 6. The molecule has 110 heavy (non-hydrogen) atoms. The van der Waals surface area contributed by atoms with Crippen LogP contribution < -0.4 is 44.9 Å². The van der Waals surface area contributed by atoms with E-state index in [4.69, 9.17) is 14.2 Å². The maximum Gasteiger partial charge on any atom is 0.416 e. The zero-order valence-electron chi connectivity index (χ0n) is 62.2. The fraction of sp³-hybridized carbons (Fsp3) is 0.400. The number of β-amino-alcohol motifs (C(OH)–C–C–N with tert-alkyl or cyclic N) is 3. The van der Waals surface area contributed by atoms with Crippen LogP contribution in [0.15, 0.2) is 127 Å². The summed E-state index contributed by atoms with van der Waals surface area (Å²) in [6.45, 7) is 13.5. The number of rotatable bonds is 12. The lowest BCUT2D eigenvalue weighted by Gasteiger charge is -2.46. The molecule has 0 saturated heterocycles. The highest BCUT2D eigenvalue weighted by Crippen LogP contribution is 2.51. The van der Waals surface area contributed by atoms with Crippen LogP contribution in [-0.2, 0) is 52.5 Å². The highest BCUT2D eigenvalue weighted by molar-refractivity contribution is 6.08. The van der Waals surface area contributed by atoms with Crippen LogP contribution in [0.3, 0.4) is 0 Å². The van der Waals surface area contributed by atoms with Gasteiger partial charge in [-0.15, -0.1) is 0 Å². The van der Waals surface area contributed by atoms with Gasteiger partial charge in [0, 0.05) is 112 Å². The first-order chi connectivity index (χ1) is 51.3. The van der Waals surface area contributed by atoms with Crippen LogP contribution in [-0.4, -0.2) is 142 Å². The van der Waals surface area contributed by atoms with E-state index in [1.165, 1.54) is 51.1 Å². The second-order valence-electron chi connectivity index (χ2n) is 30.5. The molecule has 1 spiro atoms. The molecule has 6 aliphatic heterocycles. The number of nitrogens with one attached hydrogen (secondary N) is 3. The number of aliphatic hydroxyl groups is 3. The Morgan fingerprint density at radius 2 is 0.864 bits per heavy atom. The Hall–Kier alpha value is -10.6. The zero-order chi connectivity index (χ0) is 80.1. The molecule has 0 bridgehead atoms. The number of carbonyl (C=O) groups is 6. The van der Waals surface area contributed by atoms with Crippen molar-refractivity contribution in [2.75, 3.05) is 78.0 Å². The molecule has 6 heterocycles. The maximum atomic E-state index is 13.3. The SMILES string of the molecule is CC(O)CN1Cc2ccc(NC(=O)/C=C3\CCCOc4cc(C(F)(F)F)ccc43)cc2N(C)C1=O.CN1C(=O)N(CC(C)(C)O)Cc2ccc(NC(=O)/C=C3\CC(C)(C)Oc4cc(C(F)(F)F)ccc43)cc21.CN1C(=O)N(CC(C)(C)O)Cc2ccc(NC(=O)/C=C3\CC4(CCC4)Oc4cc(C(F)(F)F)ccc43)cc21. The number of allylic oxidation sites excluding steroid dienone is 1. The molecule has 21 nitrogen and oxygen atoms in total. The number of nitrogens with zero attached hydrogens (tertiary/aromatic N) is 6. The number of urea groups is 3. The van der Waals surface area contributed by atoms with Crippen molar-refractivity contribution in [3.05, 3.63) is 177 Å². The first kappa shape index (κ1) is 80.4. The van der Waals surface area contributed by atoms with Crippen molar-refractivity contribution in [1.82, 2.24) is 14.7 Å². The van der Waals surface area contributed by atoms with Gasteiger partial charge in [-0.1, -0.05) is 36.4 Å². The molecule has 13 rings (SSSR count). The van der Waals surface area contributed by atoms with Gasteiger partial charge in [-0.05, 0) is 187 Å². The minimum atomic E-state index is -4.51. The Morgan fingerprint density at radius 3 is 1.25 bits per heavy atom. The number of hydrogen-bond acceptors (Lipinski definition) is 12. The lowest BCUT2D eigenvalue weighted by molar-refractivity contribution is -0.138. The molecule has 7 aliphatic rings. The van der Waals surface area contributed by atoms with Gasteiger partial charge in [0.05, 0.1) is 70.8 Å². The van der Waals surface area contributed by atoms with E-state index in [9.17, 15) is 83.6 Å². The van der Waals surface area contributed by atoms with E-state index < -0.39 is 81.4 Å². The number of alkyl halides is 9. The summed E-state index contributed by atoms with van der Waals surface area (Å²) >= 11 is 0. The number of benzene rings is 6. The first-order valence-corrected chi connectivity index (χ1v) is 35.6. The second-order valence-corrected chi connectivity index (χ2v) is 30.5. The Balaban J connectivity index is 0.000000164. The number of halogens is 9. The molecule has 0 radical (unpaired) electrons. The standard InChI is InChI=1S/C28H30F3N3O4.C27H30F3N3O4.C25H26F3N3O4/c1-26(2,37)16-34-15-17-5-7-20(13-22(17)33(3)25(34)36)32-24(35)11-18-14-27(9-4-10-27)38-23-12-19(28(29,30)31)6-8-21(18)23;1-25(2,36)15-33-14-16-6-8-19(12-21(16)32(5)24(33)35)31-23(34)10-17-13-26(3,4)37-22-11-18(27(28,29)30)7-9-20(17)22;1-15(32)13-31-14-17-5-7-19(12-21(17)30(2)24(31)34)29-23(33)10-16-4-3-9-35-22-11-18(25(26,27)28)6-8-20(16)22/h5-8,11-13,37H,4,9-10,14-16H2,1-3H3,(H,32,35);6-12,36H,13-15H2,1-5H3,(H,31,34);5-8,10-12,15,32H,3-4,9,13-14H2,1-2H3,(H,29,33)/b18-11+;17-10+;16-10+. The average molecular weight is 1540 g/mol. The molecular formula is C80H86F9N9O12. The molecule has 1 unspecified atom stereocenters. The molecule has 0 aromatic heterocycles. The minimum absolute atomic E-state index is 0.0784. The molecule has 1 saturated carbocycles. The monoisotopic (exact) mass is 1540 g/mol. The molecule has 586 valence electrons. The van der Waals surface area contributed by atoms with E-state index in [1.54, 1.807) is 121 Å². The third kappa shape index (κ3) is 19.0. The predicted octanol–water partition coefficient (Wildman–Crippen LogP) is 15.7. The smallest absolute Gasteiger partial charge is 0.416 e. The summed E-state index contributed by atoms with van der Waals surface area (Å²) in [6.07, 6.45) is -5.80. The van der Waals surface area contributed by atoms with Crippen LogP contribution in [0.5, 0.6) is 17.2 Å². The number of ether oxygens (including phenoxy) is 3. The lowest BCUT2D eigenvalue weighted by atomic mass is 9.72. The number of carbonyl (C=O) groups excluding carboxylic acids is 6. The number of aliphatic hydroxyl groups excluding tert-OH is 1. The van der Waals surface area contributed by atoms with Crippen LogP contribution in [0.2, 0.25) is 0 Å². The molecule has 6 N–H and O–H groups in total. The van der Waals surface area contributed by atoms with Gasteiger partial charge in [-0.2, -0.15) is 39.5 Å². The Kier molecular flexibility index (Phi) is 22.4. The van der Waals surface area contributed by atoms with E-state index >= 15 is 0 Å². The fourth-order valence-corrected chi connectivity index (χ4v) is 14.3. The Bertz CT molecular complexity index is 4700. The second kappa shape index (κ2) is 30.7. The van der Waals surface area contributed by atoms with Crippen LogP contribution in [0.25, 0.3) is 16.7 Å². The molecule has 6 aromatic rings. The van der Waals surface area contributed by atoms with E-state index in [1.807, 2.05) is 18.2 Å². The van der Waals surface area contributed by atoms with Gasteiger partial charge in [-0.3, -0.25) is 29.1 Å². The van der Waals surface area contributed by atoms with Gasteiger partial charge < -0.3 is 60.2 Å². The summed E-state index contributed by atoms with van der Waals surface area (Å²) in [5.41, 5.74) is 3.27. The number of hydrogen-bond donors (Lipinski definition) is 6. The Labute approximate surface area is 629 Å². The van der Waals surface area contributed by atoms with Gasteiger partial charge in [0.15, 0.2) is 0 Å². The van der Waals surface area contributed by atoms with Crippen LogP contribution in [0, 0.1) is 0 Å². The normalized spacial score (nSPS) is 18.6. The Morgan fingerprint density at radius 1 is 0.500 bits per heavy atom. The van der Waals surface area contributed by atoms with Crippen molar-refractivity contribution in [2.24, 2.45) is 0 Å². The van der Waals surface area contributed by atoms with Crippen LogP contribution in [0.4, 0.5) is 88.0 Å². The molecule has 1 aliphatic carbocycles. The highest BCUT2D eigenvalue weighted by atomic mass is 19.4. The summed E-state index contributed by atoms with van der Waals surface area (Å²) in [6, 6.07) is 24.9. The third-order valence-corrected chi connectivity index (χ3v) is 19.4. The highest BCUT2D eigenvalue weighted by Gasteiger charge is 2.46. The molecule has 1 atom stereocenters. The molecule has 6 aromatic carbocycles. The van der Waals surface area contributed by atoms with Crippen molar-refractivity contribution in [1.29, 1.82) is 0 Å². The maximum absolute atomic E-state index is 13.3. The van der Waals surface area contributed by atoms with Crippen molar-refractivity contribution in [3.63, 3.8) is 0 Å². The quantitative estimate of drug-likeness (QED) is 0.0495. The molecule has 1 fully saturated rings. The fourth-order valence-electron chi connectivity index (χ4n) is 14.3. The summed E-state index contributed by atoms with van der Waals surface area (Å²) in [4.78, 5) is 86.0. The van der Waals surface area contributed by atoms with Crippen molar-refractivity contribution in [3.8, 4) is 17.2 Å². The average Bonchev–Trinajstić information content (AvgIpc) is 0.890. The summed E-state index contributed by atoms with van der Waals surface area (Å²) in [5, 5.41) is 38.3. The number of fused-ring (bicyclic) bond motifs is 6. The van der Waals surface area contributed by atoms with Crippen LogP contribution in [0.1, 0.15) is 143 Å². The van der Waals surface area contributed by atoms with E-state index in [0.717, 1.165) is 72.4 Å². The van der Waals surface area contributed by atoms with E-state index in [0.29, 0.717) is 113 Å². The largest absolute Gasteiger partial charge is 0.493 e. The van der Waals surface area contributed by atoms with Gasteiger partial charge in [0.25, 0.3) is 0 Å². The first-order valence-electron chi connectivity index (χ1n) is 35.6. The lowest BCUT2D eigenvalue weighted by Crippen LogP contribution is -2.50. The van der Waals surface area contributed by atoms with Gasteiger partial charge >= 0.3 is 36.6 Å². The van der Waals surface area contributed by atoms with E-state index in [-0.39, 0.29) is 61.6 Å². The van der Waals surface area contributed by atoms with Gasteiger partial charge in [0.1, 0.15) is 28.5 Å². The van der Waals surface area contributed by atoms with Crippen molar-refractivity contribution in [2.45, 2.75) is 160 Å². The molecule has 30 heteroatoms. The topological polar surface area (TPSA) is 246 Å². The van der Waals surface area contributed by atoms with Crippen molar-refractivity contribution < 1.29 is 97.8 Å². The predicted molar refractivity (Wildman–Crippen MR) is 396 cm³/mol. The zero-order valence-corrected chi connectivity index (χ0v) is 62.2. The van der Waals surface area contributed by atoms with Crippen LogP contribution >= 0.6 is 0 Å². The van der Waals surface area contributed by atoms with E-state index in [2.05, 4.69) is 16.0 Å². The van der Waals surface area contributed by atoms with Crippen molar-refractivity contribution >= 4 is 86.7 Å². The molecule has 9 amide bonds. The van der Waals surface area contributed by atoms with Gasteiger partial charge in [0.2, 0.25) is 17.7 Å². The minimum Gasteiger partial charge on any atom is -0.493 e. The summed E-state index contributed by atoms with van der Waals surface area (Å²) < 4.78 is 136. The third-order valence-electron chi connectivity index (χ3n) is 19.4. The summed E-state index contributed by atoms with van der Waals surface area (Å²) in [5.74, 6) is -0.980. The number of amides is 9. The van der Waals surface area contributed by atoms with Gasteiger partial charge in [-0.25, -0.2) is 14.4 Å².